The van der Waals surface area contributed by atoms with Gasteiger partial charge in [0.05, 0.1) is 14.9 Å². The Kier molecular flexibility index (Phi) is 6.32. The molecule has 0 bridgehead atoms. The highest BCUT2D eigenvalue weighted by Gasteiger charge is 2.14. The zero-order valence-electron chi connectivity index (χ0n) is 12.1. The molecule has 0 saturated carbocycles. The average molecular weight is 379 g/mol. The Bertz CT molecular complexity index is 421. The molecule has 0 aliphatic heterocycles. The van der Waals surface area contributed by atoms with E-state index in [1.165, 1.54) is 0 Å². The molecule has 19 heavy (non-hydrogen) atoms. The van der Waals surface area contributed by atoms with Crippen LogP contribution in [-0.2, 0) is 0 Å². The van der Waals surface area contributed by atoms with Crippen LogP contribution in [0.3, 0.4) is 0 Å². The van der Waals surface area contributed by atoms with E-state index in [1.54, 1.807) is 12.1 Å². The van der Waals surface area contributed by atoms with Crippen LogP contribution in [0, 0.1) is 15.3 Å². The molecule has 0 saturated heterocycles. The van der Waals surface area contributed by atoms with Gasteiger partial charge in [0.1, 0.15) is 5.82 Å². The molecule has 0 radical (unpaired) electrons. The lowest BCUT2D eigenvalue weighted by molar-refractivity contribution is 0.409. The molecule has 3 nitrogen and oxygen atoms in total. The summed E-state index contributed by atoms with van der Waals surface area (Å²) in [6, 6.07) is 3.25. The van der Waals surface area contributed by atoms with E-state index in [-0.39, 0.29) is 5.82 Å². The molecule has 108 valence electrons. The standard InChI is InChI=1S/C14H23FIN3/c1-10(2)9-19(6-5-18(3)4)14-7-11(15)12(16)8-13(14)17/h7-8,10H,5-6,9,17H2,1-4H3. The van der Waals surface area contributed by atoms with Gasteiger partial charge in [-0.1, -0.05) is 13.8 Å². The van der Waals surface area contributed by atoms with Crippen LogP contribution < -0.4 is 10.6 Å². The van der Waals surface area contributed by atoms with Crippen LogP contribution >= 0.6 is 22.6 Å². The lowest BCUT2D eigenvalue weighted by Crippen LogP contribution is -2.35. The number of halogens is 2. The summed E-state index contributed by atoms with van der Waals surface area (Å²) in [5.41, 5.74) is 7.49. The molecular formula is C14H23FIN3. The van der Waals surface area contributed by atoms with E-state index in [9.17, 15) is 4.39 Å². The molecule has 0 spiro atoms. The first-order valence-corrected chi connectivity index (χ1v) is 7.53. The van der Waals surface area contributed by atoms with Crippen LogP contribution in [0.15, 0.2) is 12.1 Å². The molecule has 0 heterocycles. The number of nitrogen functional groups attached to an aromatic ring is 1. The second kappa shape index (κ2) is 7.28. The molecule has 1 aromatic rings. The summed E-state index contributed by atoms with van der Waals surface area (Å²) in [7, 11) is 4.07. The van der Waals surface area contributed by atoms with Gasteiger partial charge >= 0.3 is 0 Å². The Morgan fingerprint density at radius 3 is 2.42 bits per heavy atom. The van der Waals surface area contributed by atoms with Crippen molar-refractivity contribution in [3.05, 3.63) is 21.5 Å². The number of likely N-dealkylation sites (N-methyl/N-ethyl adjacent to an activating group) is 1. The molecule has 1 aromatic carbocycles. The molecule has 0 unspecified atom stereocenters. The lowest BCUT2D eigenvalue weighted by atomic mass is 10.1. The highest BCUT2D eigenvalue weighted by Crippen LogP contribution is 2.28. The van der Waals surface area contributed by atoms with Crippen LogP contribution in [0.4, 0.5) is 15.8 Å². The molecule has 0 aliphatic carbocycles. The summed E-state index contributed by atoms with van der Waals surface area (Å²) in [6.45, 7) is 6.94. The van der Waals surface area contributed by atoms with Crippen molar-refractivity contribution < 1.29 is 4.39 Å². The predicted octanol–water partition coefficient (Wildman–Crippen LogP) is 3.04. The van der Waals surface area contributed by atoms with E-state index in [4.69, 9.17) is 5.73 Å². The van der Waals surface area contributed by atoms with Crippen molar-refractivity contribution in [2.24, 2.45) is 5.92 Å². The van der Waals surface area contributed by atoms with Gasteiger partial charge in [0.2, 0.25) is 0 Å². The summed E-state index contributed by atoms with van der Waals surface area (Å²) in [4.78, 5) is 4.28. The smallest absolute Gasteiger partial charge is 0.138 e. The topological polar surface area (TPSA) is 32.5 Å². The molecule has 0 fully saturated rings. The third-order valence-corrected chi connectivity index (χ3v) is 3.64. The Hall–Kier alpha value is -0.560. The van der Waals surface area contributed by atoms with Crippen LogP contribution in [0.1, 0.15) is 13.8 Å². The van der Waals surface area contributed by atoms with Gasteiger partial charge in [-0.05, 0) is 48.7 Å². The first-order chi connectivity index (χ1) is 8.81. The van der Waals surface area contributed by atoms with Crippen molar-refractivity contribution in [3.63, 3.8) is 0 Å². The fourth-order valence-corrected chi connectivity index (χ4v) is 2.39. The Morgan fingerprint density at radius 2 is 1.89 bits per heavy atom. The molecule has 2 N–H and O–H groups in total. The lowest BCUT2D eigenvalue weighted by Gasteiger charge is -2.29. The third-order valence-electron chi connectivity index (χ3n) is 2.81. The van der Waals surface area contributed by atoms with Crippen molar-refractivity contribution in [3.8, 4) is 0 Å². The second-order valence-corrected chi connectivity index (χ2v) is 6.63. The van der Waals surface area contributed by atoms with E-state index < -0.39 is 0 Å². The van der Waals surface area contributed by atoms with Gasteiger partial charge in [-0.15, -0.1) is 0 Å². The molecule has 1 rings (SSSR count). The minimum Gasteiger partial charge on any atom is -0.397 e. The first kappa shape index (κ1) is 16.5. The average Bonchev–Trinajstić information content (AvgIpc) is 2.29. The zero-order chi connectivity index (χ0) is 14.6. The number of anilines is 2. The third kappa shape index (κ3) is 5.14. The number of nitrogens with two attached hydrogens (primary N) is 1. The van der Waals surface area contributed by atoms with Crippen LogP contribution in [-0.4, -0.2) is 38.6 Å². The summed E-state index contributed by atoms with van der Waals surface area (Å²) < 4.78 is 14.3. The fraction of sp³-hybridized carbons (Fsp3) is 0.571. The summed E-state index contributed by atoms with van der Waals surface area (Å²) in [5.74, 6) is 0.298. The predicted molar refractivity (Wildman–Crippen MR) is 89.1 cm³/mol. The molecule has 0 aliphatic rings. The monoisotopic (exact) mass is 379 g/mol. The minimum atomic E-state index is -0.205. The Balaban J connectivity index is 2.99. The van der Waals surface area contributed by atoms with Crippen molar-refractivity contribution in [2.75, 3.05) is 44.4 Å². The Morgan fingerprint density at radius 1 is 1.26 bits per heavy atom. The number of benzene rings is 1. The summed E-state index contributed by atoms with van der Waals surface area (Å²) >= 11 is 1.97. The van der Waals surface area contributed by atoms with Crippen molar-refractivity contribution in [2.45, 2.75) is 13.8 Å². The molecule has 0 aromatic heterocycles. The van der Waals surface area contributed by atoms with Crippen LogP contribution in [0.25, 0.3) is 0 Å². The summed E-state index contributed by atoms with van der Waals surface area (Å²) in [6.07, 6.45) is 0. The van der Waals surface area contributed by atoms with Crippen LogP contribution in [0.5, 0.6) is 0 Å². The van der Waals surface area contributed by atoms with E-state index in [0.29, 0.717) is 15.2 Å². The highest BCUT2D eigenvalue weighted by molar-refractivity contribution is 14.1. The molecule has 5 heteroatoms. The van der Waals surface area contributed by atoms with Crippen molar-refractivity contribution in [1.82, 2.24) is 4.90 Å². The van der Waals surface area contributed by atoms with E-state index in [1.807, 2.05) is 36.7 Å². The quantitative estimate of drug-likeness (QED) is 0.609. The number of nitrogens with zero attached hydrogens (tertiary/aromatic N) is 2. The van der Waals surface area contributed by atoms with Gasteiger partial charge in [-0.3, -0.25) is 0 Å². The Labute approximate surface area is 129 Å². The van der Waals surface area contributed by atoms with E-state index >= 15 is 0 Å². The maximum absolute atomic E-state index is 13.8. The van der Waals surface area contributed by atoms with Gasteiger partial charge in [0, 0.05) is 25.7 Å². The van der Waals surface area contributed by atoms with Gasteiger partial charge in [0.25, 0.3) is 0 Å². The van der Waals surface area contributed by atoms with Crippen molar-refractivity contribution >= 4 is 34.0 Å². The molecular weight excluding hydrogens is 356 g/mol. The van der Waals surface area contributed by atoms with Gasteiger partial charge in [-0.2, -0.15) is 0 Å². The zero-order valence-corrected chi connectivity index (χ0v) is 14.2. The number of hydrogen-bond donors (Lipinski definition) is 1. The maximum Gasteiger partial charge on any atom is 0.138 e. The number of rotatable bonds is 6. The maximum atomic E-state index is 13.8. The normalized spacial score (nSPS) is 11.4. The second-order valence-electron chi connectivity index (χ2n) is 5.47. The SMILES string of the molecule is CC(C)CN(CCN(C)C)c1cc(F)c(I)cc1N. The summed E-state index contributed by atoms with van der Waals surface area (Å²) in [5, 5.41) is 0. The highest BCUT2D eigenvalue weighted by atomic mass is 127. The minimum absolute atomic E-state index is 0.205. The fourth-order valence-electron chi connectivity index (χ4n) is 1.90. The van der Waals surface area contributed by atoms with E-state index in [2.05, 4.69) is 23.6 Å². The van der Waals surface area contributed by atoms with Gasteiger partial charge in [0.15, 0.2) is 0 Å². The van der Waals surface area contributed by atoms with Gasteiger partial charge < -0.3 is 15.5 Å². The number of hydrogen-bond acceptors (Lipinski definition) is 3. The van der Waals surface area contributed by atoms with Crippen molar-refractivity contribution in [1.29, 1.82) is 0 Å². The van der Waals surface area contributed by atoms with Crippen LogP contribution in [0.2, 0.25) is 0 Å². The van der Waals surface area contributed by atoms with Gasteiger partial charge in [-0.25, -0.2) is 4.39 Å². The first-order valence-electron chi connectivity index (χ1n) is 6.45. The molecule has 0 atom stereocenters. The largest absolute Gasteiger partial charge is 0.397 e. The molecule has 0 amide bonds. The van der Waals surface area contributed by atoms with E-state index in [0.717, 1.165) is 25.3 Å².